The Labute approximate surface area is 126 Å². The van der Waals surface area contributed by atoms with Gasteiger partial charge < -0.3 is 9.84 Å². The quantitative estimate of drug-likeness (QED) is 0.800. The van der Waals surface area contributed by atoms with Crippen molar-refractivity contribution in [1.29, 1.82) is 0 Å². The average Bonchev–Trinajstić information content (AvgIpc) is 3.01. The first-order valence-electron chi connectivity index (χ1n) is 6.57. The van der Waals surface area contributed by atoms with E-state index in [0.29, 0.717) is 5.69 Å². The molecule has 1 aromatic carbocycles. The third-order valence-electron chi connectivity index (χ3n) is 3.27. The number of carboxylic acids is 1. The van der Waals surface area contributed by atoms with E-state index in [9.17, 15) is 9.90 Å². The van der Waals surface area contributed by atoms with Gasteiger partial charge >= 0.3 is 5.97 Å². The molecule has 2 aromatic heterocycles. The van der Waals surface area contributed by atoms with Crippen LogP contribution in [0.4, 0.5) is 0 Å². The fourth-order valence-electron chi connectivity index (χ4n) is 2.21. The maximum Gasteiger partial charge on any atom is 0.339 e. The van der Waals surface area contributed by atoms with Gasteiger partial charge in [-0.05, 0) is 36.4 Å². The number of pyridine rings is 1. The standard InChI is InChI=1S/C16H13N3O3/c1-22-13-4-2-12(3-5-13)19-15(11-6-8-17-9-7-11)14(10-18-19)16(20)21/h2-10H,1H3,(H,20,21). The summed E-state index contributed by atoms with van der Waals surface area (Å²) in [6, 6.07) is 10.7. The van der Waals surface area contributed by atoms with Crippen LogP contribution in [0.2, 0.25) is 0 Å². The maximum absolute atomic E-state index is 11.5. The second-order valence-electron chi connectivity index (χ2n) is 4.56. The Morgan fingerprint density at radius 1 is 1.14 bits per heavy atom. The largest absolute Gasteiger partial charge is 0.497 e. The van der Waals surface area contributed by atoms with Crippen LogP contribution in [0.3, 0.4) is 0 Å². The normalized spacial score (nSPS) is 10.4. The minimum atomic E-state index is -1.02. The zero-order valence-electron chi connectivity index (χ0n) is 11.8. The van der Waals surface area contributed by atoms with Gasteiger partial charge in [-0.25, -0.2) is 9.48 Å². The molecule has 1 N–H and O–H groups in total. The minimum Gasteiger partial charge on any atom is -0.497 e. The molecule has 0 aliphatic heterocycles. The summed E-state index contributed by atoms with van der Waals surface area (Å²) >= 11 is 0. The predicted molar refractivity (Wildman–Crippen MR) is 80.3 cm³/mol. The van der Waals surface area contributed by atoms with Crippen molar-refractivity contribution in [1.82, 2.24) is 14.8 Å². The van der Waals surface area contributed by atoms with Crippen LogP contribution in [0.1, 0.15) is 10.4 Å². The molecule has 110 valence electrons. The lowest BCUT2D eigenvalue weighted by Crippen LogP contribution is -2.03. The molecule has 0 radical (unpaired) electrons. The van der Waals surface area contributed by atoms with Gasteiger partial charge in [-0.2, -0.15) is 5.10 Å². The van der Waals surface area contributed by atoms with Crippen LogP contribution >= 0.6 is 0 Å². The second kappa shape index (κ2) is 5.69. The predicted octanol–water partition coefficient (Wildman–Crippen LogP) is 2.64. The van der Waals surface area contributed by atoms with E-state index >= 15 is 0 Å². The van der Waals surface area contributed by atoms with Crippen LogP contribution in [-0.2, 0) is 0 Å². The number of carbonyl (C=O) groups is 1. The van der Waals surface area contributed by atoms with E-state index in [1.807, 2.05) is 12.1 Å². The van der Waals surface area contributed by atoms with Crippen molar-refractivity contribution in [2.24, 2.45) is 0 Å². The molecule has 0 saturated carbocycles. The monoisotopic (exact) mass is 295 g/mol. The highest BCUT2D eigenvalue weighted by Crippen LogP contribution is 2.27. The molecule has 0 aliphatic carbocycles. The molecule has 3 rings (SSSR count). The second-order valence-corrected chi connectivity index (χ2v) is 4.56. The summed E-state index contributed by atoms with van der Waals surface area (Å²) in [5.41, 5.74) is 2.14. The molecule has 6 heteroatoms. The van der Waals surface area contributed by atoms with E-state index in [-0.39, 0.29) is 5.56 Å². The zero-order chi connectivity index (χ0) is 15.5. The third-order valence-corrected chi connectivity index (χ3v) is 3.27. The van der Waals surface area contributed by atoms with Crippen molar-refractivity contribution in [3.05, 3.63) is 60.6 Å². The Morgan fingerprint density at radius 3 is 2.41 bits per heavy atom. The Kier molecular flexibility index (Phi) is 3.57. The topological polar surface area (TPSA) is 77.2 Å². The molecule has 0 amide bonds. The van der Waals surface area contributed by atoms with E-state index < -0.39 is 5.97 Å². The van der Waals surface area contributed by atoms with Gasteiger partial charge in [-0.1, -0.05) is 0 Å². The van der Waals surface area contributed by atoms with Gasteiger partial charge in [0.1, 0.15) is 11.3 Å². The molecule has 0 aliphatic rings. The van der Waals surface area contributed by atoms with Crippen LogP contribution in [-0.4, -0.2) is 33.0 Å². The van der Waals surface area contributed by atoms with Crippen molar-refractivity contribution in [2.75, 3.05) is 7.11 Å². The molecule has 0 unspecified atom stereocenters. The summed E-state index contributed by atoms with van der Waals surface area (Å²) in [7, 11) is 1.59. The fourth-order valence-corrected chi connectivity index (χ4v) is 2.21. The maximum atomic E-state index is 11.5. The highest BCUT2D eigenvalue weighted by Gasteiger charge is 2.19. The summed E-state index contributed by atoms with van der Waals surface area (Å²) in [4.78, 5) is 15.4. The Bertz CT molecular complexity index is 795. The lowest BCUT2D eigenvalue weighted by molar-refractivity contribution is 0.0697. The number of carboxylic acid groups (broad SMARTS) is 1. The number of aromatic nitrogens is 3. The van der Waals surface area contributed by atoms with E-state index in [1.165, 1.54) is 6.20 Å². The van der Waals surface area contributed by atoms with Crippen molar-refractivity contribution >= 4 is 5.97 Å². The molecule has 0 fully saturated rings. The molecule has 22 heavy (non-hydrogen) atoms. The minimum absolute atomic E-state index is 0.141. The highest BCUT2D eigenvalue weighted by molar-refractivity contribution is 5.95. The summed E-state index contributed by atoms with van der Waals surface area (Å²) in [6.07, 6.45) is 4.58. The highest BCUT2D eigenvalue weighted by atomic mass is 16.5. The Hall–Kier alpha value is -3.15. The van der Waals surface area contributed by atoms with Crippen molar-refractivity contribution < 1.29 is 14.6 Å². The number of benzene rings is 1. The molecule has 6 nitrogen and oxygen atoms in total. The molecule has 0 bridgehead atoms. The lowest BCUT2D eigenvalue weighted by Gasteiger charge is -2.09. The van der Waals surface area contributed by atoms with Gasteiger partial charge in [0, 0.05) is 18.0 Å². The van der Waals surface area contributed by atoms with Gasteiger partial charge in [0.05, 0.1) is 24.7 Å². The third kappa shape index (κ3) is 2.42. The number of hydrogen-bond donors (Lipinski definition) is 1. The summed E-state index contributed by atoms with van der Waals surface area (Å²) in [5, 5.41) is 13.6. The molecular weight excluding hydrogens is 282 g/mol. The Balaban J connectivity index is 2.17. The Morgan fingerprint density at radius 2 is 1.82 bits per heavy atom. The zero-order valence-corrected chi connectivity index (χ0v) is 11.8. The number of aromatic carboxylic acids is 1. The molecule has 2 heterocycles. The fraction of sp³-hybridized carbons (Fsp3) is 0.0625. The van der Waals surface area contributed by atoms with Crippen molar-refractivity contribution in [2.45, 2.75) is 0 Å². The van der Waals surface area contributed by atoms with Crippen molar-refractivity contribution in [3.63, 3.8) is 0 Å². The number of methoxy groups -OCH3 is 1. The number of nitrogens with zero attached hydrogens (tertiary/aromatic N) is 3. The van der Waals surface area contributed by atoms with E-state index in [4.69, 9.17) is 4.74 Å². The first-order valence-corrected chi connectivity index (χ1v) is 6.57. The van der Waals surface area contributed by atoms with Gasteiger partial charge in [0.15, 0.2) is 0 Å². The van der Waals surface area contributed by atoms with Crippen LogP contribution in [0.25, 0.3) is 16.9 Å². The molecule has 0 atom stereocenters. The van der Waals surface area contributed by atoms with Crippen LogP contribution in [0.5, 0.6) is 5.75 Å². The number of rotatable bonds is 4. The van der Waals surface area contributed by atoms with Gasteiger partial charge in [-0.15, -0.1) is 0 Å². The SMILES string of the molecule is COc1ccc(-n2ncc(C(=O)O)c2-c2ccncc2)cc1. The number of ether oxygens (including phenoxy) is 1. The van der Waals surface area contributed by atoms with Gasteiger partial charge in [0.25, 0.3) is 0 Å². The average molecular weight is 295 g/mol. The summed E-state index contributed by atoms with van der Waals surface area (Å²) in [6.45, 7) is 0. The lowest BCUT2D eigenvalue weighted by atomic mass is 10.1. The van der Waals surface area contributed by atoms with Gasteiger partial charge in [-0.3, -0.25) is 4.98 Å². The van der Waals surface area contributed by atoms with E-state index in [2.05, 4.69) is 10.1 Å². The first kappa shape index (κ1) is 13.8. The molecule has 0 saturated heterocycles. The van der Waals surface area contributed by atoms with Crippen LogP contribution < -0.4 is 4.74 Å². The van der Waals surface area contributed by atoms with Crippen molar-refractivity contribution in [3.8, 4) is 22.7 Å². The molecule has 3 aromatic rings. The van der Waals surface area contributed by atoms with Crippen LogP contribution in [0.15, 0.2) is 55.0 Å². The number of hydrogen-bond acceptors (Lipinski definition) is 4. The smallest absolute Gasteiger partial charge is 0.339 e. The summed E-state index contributed by atoms with van der Waals surface area (Å²) < 4.78 is 6.73. The van der Waals surface area contributed by atoms with E-state index in [0.717, 1.165) is 17.0 Å². The molecular formula is C16H13N3O3. The van der Waals surface area contributed by atoms with E-state index in [1.54, 1.807) is 48.5 Å². The van der Waals surface area contributed by atoms with Gasteiger partial charge in [0.2, 0.25) is 0 Å². The van der Waals surface area contributed by atoms with Crippen LogP contribution in [0, 0.1) is 0 Å². The molecule has 0 spiro atoms. The summed E-state index contributed by atoms with van der Waals surface area (Å²) in [5.74, 6) is -0.300. The first-order chi connectivity index (χ1) is 10.7.